The molecule has 0 aliphatic rings. The van der Waals surface area contributed by atoms with Crippen LogP contribution in [-0.4, -0.2) is 0 Å². The fraction of sp³-hybridized carbons (Fsp3) is 1.00. The van der Waals surface area contributed by atoms with E-state index in [0.717, 1.165) is 29.6 Å². The van der Waals surface area contributed by atoms with Crippen molar-refractivity contribution in [3.05, 3.63) is 0 Å². The van der Waals surface area contributed by atoms with E-state index >= 15 is 0 Å². The number of rotatable bonds is 16. The smallest absolute Gasteiger partial charge is 0.0414 e. The van der Waals surface area contributed by atoms with E-state index < -0.39 is 0 Å². The molecule has 0 saturated carbocycles. The summed E-state index contributed by atoms with van der Waals surface area (Å²) in [6.07, 6.45) is 17.3. The highest BCUT2D eigenvalue weighted by molar-refractivity contribution is 4.64. The van der Waals surface area contributed by atoms with Gasteiger partial charge in [-0.05, 0) is 36.0 Å². The Kier molecular flexibility index (Phi) is 15.3. The SMILES string of the molecule is CCCCC(CC)CC(C)CCCCCC(C)CCC(C)C(C)C. The lowest BCUT2D eigenvalue weighted by atomic mass is 9.86. The molecule has 0 saturated heterocycles. The predicted octanol–water partition coefficient (Wildman–Crippen LogP) is 8.89. The Labute approximate surface area is 155 Å². The van der Waals surface area contributed by atoms with Crippen molar-refractivity contribution in [2.45, 2.75) is 126 Å². The average molecular weight is 339 g/mol. The van der Waals surface area contributed by atoms with Crippen LogP contribution in [0.15, 0.2) is 0 Å². The highest BCUT2D eigenvalue weighted by Crippen LogP contribution is 2.26. The minimum Gasteiger partial charge on any atom is -0.0654 e. The molecule has 0 aromatic heterocycles. The lowest BCUT2D eigenvalue weighted by molar-refractivity contribution is 0.325. The third-order valence-electron chi connectivity index (χ3n) is 6.43. The van der Waals surface area contributed by atoms with E-state index in [-0.39, 0.29) is 0 Å². The van der Waals surface area contributed by atoms with Gasteiger partial charge in [-0.2, -0.15) is 0 Å². The zero-order chi connectivity index (χ0) is 18.4. The quantitative estimate of drug-likeness (QED) is 0.246. The summed E-state index contributed by atoms with van der Waals surface area (Å²) in [5, 5.41) is 0. The lowest BCUT2D eigenvalue weighted by Crippen LogP contribution is -2.07. The second kappa shape index (κ2) is 15.3. The van der Waals surface area contributed by atoms with Gasteiger partial charge in [0, 0.05) is 0 Å². The maximum atomic E-state index is 2.49. The molecule has 146 valence electrons. The third-order valence-corrected chi connectivity index (χ3v) is 6.43. The van der Waals surface area contributed by atoms with E-state index in [1.54, 1.807) is 0 Å². The van der Waals surface area contributed by atoms with Crippen molar-refractivity contribution < 1.29 is 0 Å². The predicted molar refractivity (Wildman–Crippen MR) is 113 cm³/mol. The van der Waals surface area contributed by atoms with Crippen molar-refractivity contribution in [2.75, 3.05) is 0 Å². The maximum Gasteiger partial charge on any atom is -0.0414 e. The molecular weight excluding hydrogens is 288 g/mol. The monoisotopic (exact) mass is 338 g/mol. The standard InChI is InChI=1S/C24H50/c1-8-10-16-24(9-2)19-22(6)15-13-11-12-14-21(5)17-18-23(7)20(3)4/h20-24H,8-19H2,1-7H3. The first kappa shape index (κ1) is 24.0. The molecule has 0 heteroatoms. The Hall–Kier alpha value is 0. The fourth-order valence-corrected chi connectivity index (χ4v) is 3.86. The van der Waals surface area contributed by atoms with Gasteiger partial charge in [0.05, 0.1) is 0 Å². The Morgan fingerprint density at radius 2 is 1.21 bits per heavy atom. The van der Waals surface area contributed by atoms with Gasteiger partial charge >= 0.3 is 0 Å². The van der Waals surface area contributed by atoms with E-state index in [1.807, 2.05) is 0 Å². The van der Waals surface area contributed by atoms with Crippen LogP contribution in [-0.2, 0) is 0 Å². The molecule has 0 aromatic rings. The molecule has 0 N–H and O–H groups in total. The molecule has 0 amide bonds. The fourth-order valence-electron chi connectivity index (χ4n) is 3.86. The topological polar surface area (TPSA) is 0 Å². The van der Waals surface area contributed by atoms with E-state index in [1.165, 1.54) is 77.0 Å². The van der Waals surface area contributed by atoms with Crippen molar-refractivity contribution >= 4 is 0 Å². The first-order valence-electron chi connectivity index (χ1n) is 11.4. The van der Waals surface area contributed by atoms with Gasteiger partial charge in [0.15, 0.2) is 0 Å². The van der Waals surface area contributed by atoms with Gasteiger partial charge in [0.25, 0.3) is 0 Å². The number of unbranched alkanes of at least 4 members (excludes halogenated alkanes) is 3. The summed E-state index contributed by atoms with van der Waals surface area (Å²) in [5.41, 5.74) is 0. The molecule has 0 spiro atoms. The molecule has 24 heavy (non-hydrogen) atoms. The van der Waals surface area contributed by atoms with Crippen LogP contribution in [0.2, 0.25) is 0 Å². The molecule has 0 aliphatic carbocycles. The van der Waals surface area contributed by atoms with Crippen LogP contribution >= 0.6 is 0 Å². The van der Waals surface area contributed by atoms with Gasteiger partial charge in [-0.25, -0.2) is 0 Å². The van der Waals surface area contributed by atoms with Crippen LogP contribution < -0.4 is 0 Å². The Morgan fingerprint density at radius 3 is 1.75 bits per heavy atom. The molecule has 4 atom stereocenters. The van der Waals surface area contributed by atoms with Crippen LogP contribution in [0.3, 0.4) is 0 Å². The molecule has 0 radical (unpaired) electrons. The molecule has 0 aromatic carbocycles. The molecule has 0 bridgehead atoms. The van der Waals surface area contributed by atoms with Crippen LogP contribution in [0, 0.1) is 29.6 Å². The van der Waals surface area contributed by atoms with Crippen LogP contribution in [0.4, 0.5) is 0 Å². The first-order chi connectivity index (χ1) is 11.4. The summed E-state index contributed by atoms with van der Waals surface area (Å²) >= 11 is 0. The number of hydrogen-bond acceptors (Lipinski definition) is 0. The van der Waals surface area contributed by atoms with Crippen molar-refractivity contribution in [2.24, 2.45) is 29.6 Å². The van der Waals surface area contributed by atoms with Crippen LogP contribution in [0.5, 0.6) is 0 Å². The van der Waals surface area contributed by atoms with Gasteiger partial charge in [0.1, 0.15) is 0 Å². The Bertz CT molecular complexity index is 255. The maximum absolute atomic E-state index is 2.49. The summed E-state index contributed by atoms with van der Waals surface area (Å²) in [7, 11) is 0. The van der Waals surface area contributed by atoms with Gasteiger partial charge in [-0.3, -0.25) is 0 Å². The minimum absolute atomic E-state index is 0.850. The second-order valence-electron chi connectivity index (χ2n) is 9.30. The van der Waals surface area contributed by atoms with Gasteiger partial charge in [0.2, 0.25) is 0 Å². The minimum atomic E-state index is 0.850. The molecule has 0 nitrogen and oxygen atoms in total. The number of hydrogen-bond donors (Lipinski definition) is 0. The van der Waals surface area contributed by atoms with Gasteiger partial charge in [-0.1, -0.05) is 119 Å². The third kappa shape index (κ3) is 13.3. The molecule has 0 rings (SSSR count). The Morgan fingerprint density at radius 1 is 0.583 bits per heavy atom. The largest absolute Gasteiger partial charge is 0.0654 e. The zero-order valence-electron chi connectivity index (χ0n) is 18.4. The van der Waals surface area contributed by atoms with E-state index in [0.29, 0.717) is 0 Å². The molecule has 0 heterocycles. The average Bonchev–Trinajstić information content (AvgIpc) is 2.55. The lowest BCUT2D eigenvalue weighted by Gasteiger charge is -2.20. The summed E-state index contributed by atoms with van der Waals surface area (Å²) in [4.78, 5) is 0. The van der Waals surface area contributed by atoms with Crippen LogP contribution in [0.1, 0.15) is 126 Å². The van der Waals surface area contributed by atoms with Crippen molar-refractivity contribution in [1.29, 1.82) is 0 Å². The summed E-state index contributed by atoms with van der Waals surface area (Å²) < 4.78 is 0. The summed E-state index contributed by atoms with van der Waals surface area (Å²) in [6.45, 7) is 16.8. The highest BCUT2D eigenvalue weighted by atomic mass is 14.2. The van der Waals surface area contributed by atoms with E-state index in [2.05, 4.69) is 48.5 Å². The van der Waals surface area contributed by atoms with Crippen molar-refractivity contribution in [3.63, 3.8) is 0 Å². The summed E-state index contributed by atoms with van der Waals surface area (Å²) in [6, 6.07) is 0. The molecule has 0 aliphatic heterocycles. The summed E-state index contributed by atoms with van der Waals surface area (Å²) in [5.74, 6) is 4.61. The van der Waals surface area contributed by atoms with Crippen molar-refractivity contribution in [3.8, 4) is 0 Å². The molecule has 0 fully saturated rings. The van der Waals surface area contributed by atoms with Crippen LogP contribution in [0.25, 0.3) is 0 Å². The molecule has 4 unspecified atom stereocenters. The highest BCUT2D eigenvalue weighted by Gasteiger charge is 2.12. The van der Waals surface area contributed by atoms with E-state index in [4.69, 9.17) is 0 Å². The molecular formula is C24H50. The zero-order valence-corrected chi connectivity index (χ0v) is 18.4. The van der Waals surface area contributed by atoms with Gasteiger partial charge < -0.3 is 0 Å². The first-order valence-corrected chi connectivity index (χ1v) is 11.4. The van der Waals surface area contributed by atoms with Gasteiger partial charge in [-0.15, -0.1) is 0 Å². The van der Waals surface area contributed by atoms with E-state index in [9.17, 15) is 0 Å². The second-order valence-corrected chi connectivity index (χ2v) is 9.30. The van der Waals surface area contributed by atoms with Crippen molar-refractivity contribution in [1.82, 2.24) is 0 Å². The Balaban J connectivity index is 3.63. The normalized spacial score (nSPS) is 17.0.